The zero-order valence-corrected chi connectivity index (χ0v) is 19.6. The lowest BCUT2D eigenvalue weighted by Gasteiger charge is -2.20. The van der Waals surface area contributed by atoms with E-state index in [0.717, 1.165) is 16.9 Å². The third-order valence-corrected chi connectivity index (χ3v) is 4.89. The highest BCUT2D eigenvalue weighted by molar-refractivity contribution is 5.94. The molecule has 0 unspecified atom stereocenters. The first-order valence-corrected chi connectivity index (χ1v) is 10.6. The first kappa shape index (κ1) is 23.8. The van der Waals surface area contributed by atoms with E-state index in [1.54, 1.807) is 37.6 Å². The van der Waals surface area contributed by atoms with E-state index in [-0.39, 0.29) is 5.91 Å². The Bertz CT molecular complexity index is 1080. The molecule has 0 aliphatic rings. The van der Waals surface area contributed by atoms with Crippen molar-refractivity contribution in [3.8, 4) is 5.75 Å². The van der Waals surface area contributed by atoms with Gasteiger partial charge < -0.3 is 24.7 Å². The van der Waals surface area contributed by atoms with Gasteiger partial charge >= 0.3 is 6.09 Å². The summed E-state index contributed by atoms with van der Waals surface area (Å²) >= 11 is 0. The maximum atomic E-state index is 13.0. The van der Waals surface area contributed by atoms with Crippen molar-refractivity contribution in [1.29, 1.82) is 0 Å². The Kier molecular flexibility index (Phi) is 7.37. The van der Waals surface area contributed by atoms with Crippen LogP contribution < -0.4 is 15.4 Å². The van der Waals surface area contributed by atoms with Gasteiger partial charge in [-0.05, 0) is 56.2 Å². The average molecular weight is 451 g/mol. The van der Waals surface area contributed by atoms with Crippen LogP contribution in [0.2, 0.25) is 0 Å². The summed E-state index contributed by atoms with van der Waals surface area (Å²) in [4.78, 5) is 29.3. The molecular formula is C25H30N4O4. The molecule has 3 aromatic rings. The van der Waals surface area contributed by atoms with Crippen molar-refractivity contribution in [1.82, 2.24) is 20.2 Å². The van der Waals surface area contributed by atoms with Gasteiger partial charge in [-0.2, -0.15) is 0 Å². The van der Waals surface area contributed by atoms with Gasteiger partial charge in [0.25, 0.3) is 5.91 Å². The van der Waals surface area contributed by atoms with E-state index in [2.05, 4.69) is 15.6 Å². The first-order valence-electron chi connectivity index (χ1n) is 10.6. The number of imidazole rings is 1. The molecule has 0 fully saturated rings. The van der Waals surface area contributed by atoms with E-state index in [0.29, 0.717) is 17.9 Å². The van der Waals surface area contributed by atoms with Gasteiger partial charge in [-0.25, -0.2) is 9.78 Å². The molecule has 8 nitrogen and oxygen atoms in total. The van der Waals surface area contributed by atoms with Crippen LogP contribution in [0.25, 0.3) is 0 Å². The molecule has 3 rings (SSSR count). The molecule has 0 saturated heterocycles. The predicted octanol–water partition coefficient (Wildman–Crippen LogP) is 3.97. The molecule has 8 heteroatoms. The summed E-state index contributed by atoms with van der Waals surface area (Å²) in [5.41, 5.74) is 1.69. The number of benzene rings is 2. The molecule has 33 heavy (non-hydrogen) atoms. The molecule has 2 N–H and O–H groups in total. The molecule has 1 atom stereocenters. The van der Waals surface area contributed by atoms with E-state index in [4.69, 9.17) is 9.47 Å². The standard InChI is InChI=1S/C25H30N4O4/c1-25(2,3)33-24(31)27-16-17-6-8-19(9-7-17)23(30)28-21(22-26-14-15-29(22)4)18-10-12-20(32-5)13-11-18/h6-15,21H,16H2,1-5H3,(H,27,31)(H,28,30)/t21-/m0/s1. The summed E-state index contributed by atoms with van der Waals surface area (Å²) < 4.78 is 12.4. The number of nitrogens with zero attached hydrogens (tertiary/aromatic N) is 2. The van der Waals surface area contributed by atoms with E-state index >= 15 is 0 Å². The van der Waals surface area contributed by atoms with Crippen LogP contribution in [-0.2, 0) is 18.3 Å². The molecule has 2 amide bonds. The number of hydrogen-bond donors (Lipinski definition) is 2. The van der Waals surface area contributed by atoms with Crippen LogP contribution in [-0.4, -0.2) is 34.3 Å². The van der Waals surface area contributed by atoms with Crippen LogP contribution in [0.4, 0.5) is 4.79 Å². The second-order valence-electron chi connectivity index (χ2n) is 8.63. The SMILES string of the molecule is COc1ccc([C@H](NC(=O)c2ccc(CNC(=O)OC(C)(C)C)cc2)c2nccn2C)cc1. The van der Waals surface area contributed by atoms with E-state index in [1.807, 2.05) is 62.8 Å². The van der Waals surface area contributed by atoms with Crippen molar-refractivity contribution >= 4 is 12.0 Å². The van der Waals surface area contributed by atoms with Crippen LogP contribution in [0.15, 0.2) is 60.9 Å². The molecule has 1 heterocycles. The van der Waals surface area contributed by atoms with Crippen LogP contribution in [0.5, 0.6) is 5.75 Å². The smallest absolute Gasteiger partial charge is 0.407 e. The summed E-state index contributed by atoms with van der Waals surface area (Å²) in [5.74, 6) is 1.22. The minimum absolute atomic E-state index is 0.231. The number of alkyl carbamates (subject to hydrolysis) is 1. The number of rotatable bonds is 7. The fourth-order valence-corrected chi connectivity index (χ4v) is 3.23. The maximum absolute atomic E-state index is 13.0. The monoisotopic (exact) mass is 450 g/mol. The number of amides is 2. The predicted molar refractivity (Wildman–Crippen MR) is 125 cm³/mol. The van der Waals surface area contributed by atoms with Gasteiger partial charge in [0.2, 0.25) is 0 Å². The van der Waals surface area contributed by atoms with Crippen LogP contribution >= 0.6 is 0 Å². The Balaban J connectivity index is 1.70. The van der Waals surface area contributed by atoms with Gasteiger partial charge in [0.1, 0.15) is 23.2 Å². The van der Waals surface area contributed by atoms with Gasteiger partial charge in [0.05, 0.1) is 7.11 Å². The lowest BCUT2D eigenvalue weighted by atomic mass is 10.0. The number of carbonyl (C=O) groups is 2. The minimum Gasteiger partial charge on any atom is -0.497 e. The normalized spacial score (nSPS) is 12.0. The zero-order valence-electron chi connectivity index (χ0n) is 19.6. The highest BCUT2D eigenvalue weighted by atomic mass is 16.6. The van der Waals surface area contributed by atoms with Crippen molar-refractivity contribution in [3.63, 3.8) is 0 Å². The lowest BCUT2D eigenvalue weighted by Crippen LogP contribution is -2.32. The summed E-state index contributed by atoms with van der Waals surface area (Å²) in [6.45, 7) is 5.73. The topological polar surface area (TPSA) is 94.5 Å². The van der Waals surface area contributed by atoms with Gasteiger partial charge in [0, 0.05) is 31.5 Å². The molecular weight excluding hydrogens is 420 g/mol. The van der Waals surface area contributed by atoms with E-state index in [1.165, 1.54) is 0 Å². The highest BCUT2D eigenvalue weighted by Crippen LogP contribution is 2.23. The summed E-state index contributed by atoms with van der Waals surface area (Å²) in [7, 11) is 3.50. The minimum atomic E-state index is -0.556. The second-order valence-corrected chi connectivity index (χ2v) is 8.63. The Morgan fingerprint density at radius 3 is 2.27 bits per heavy atom. The second kappa shape index (κ2) is 10.2. The number of nitrogens with one attached hydrogen (secondary N) is 2. The van der Waals surface area contributed by atoms with Crippen molar-refractivity contribution in [2.45, 2.75) is 39.0 Å². The van der Waals surface area contributed by atoms with Crippen molar-refractivity contribution in [2.24, 2.45) is 7.05 Å². The lowest BCUT2D eigenvalue weighted by molar-refractivity contribution is 0.0523. The Morgan fingerprint density at radius 2 is 1.73 bits per heavy atom. The number of ether oxygens (including phenoxy) is 2. The van der Waals surface area contributed by atoms with Crippen molar-refractivity contribution in [2.75, 3.05) is 7.11 Å². The van der Waals surface area contributed by atoms with E-state index < -0.39 is 17.7 Å². The van der Waals surface area contributed by atoms with Crippen molar-refractivity contribution in [3.05, 3.63) is 83.4 Å². The molecule has 1 aromatic heterocycles. The first-order chi connectivity index (χ1) is 15.7. The summed E-state index contributed by atoms with van der Waals surface area (Å²) in [6.07, 6.45) is 3.05. The number of methoxy groups -OCH3 is 1. The molecule has 2 aromatic carbocycles. The largest absolute Gasteiger partial charge is 0.497 e. The fourth-order valence-electron chi connectivity index (χ4n) is 3.23. The maximum Gasteiger partial charge on any atom is 0.407 e. The molecule has 0 spiro atoms. The van der Waals surface area contributed by atoms with Crippen LogP contribution in [0.1, 0.15) is 54.1 Å². The average Bonchev–Trinajstić information content (AvgIpc) is 3.20. The Hall–Kier alpha value is -3.81. The molecule has 0 saturated carbocycles. The third-order valence-electron chi connectivity index (χ3n) is 4.89. The van der Waals surface area contributed by atoms with Crippen LogP contribution in [0, 0.1) is 0 Å². The van der Waals surface area contributed by atoms with Crippen molar-refractivity contribution < 1.29 is 19.1 Å². The zero-order chi connectivity index (χ0) is 24.0. The molecule has 174 valence electrons. The van der Waals surface area contributed by atoms with Gasteiger partial charge in [0.15, 0.2) is 0 Å². The Labute approximate surface area is 193 Å². The fraction of sp³-hybridized carbons (Fsp3) is 0.320. The van der Waals surface area contributed by atoms with Gasteiger partial charge in [-0.3, -0.25) is 4.79 Å². The number of aromatic nitrogens is 2. The van der Waals surface area contributed by atoms with Gasteiger partial charge in [-0.15, -0.1) is 0 Å². The third kappa shape index (κ3) is 6.58. The molecule has 0 aliphatic carbocycles. The van der Waals surface area contributed by atoms with E-state index in [9.17, 15) is 9.59 Å². The highest BCUT2D eigenvalue weighted by Gasteiger charge is 2.22. The quantitative estimate of drug-likeness (QED) is 0.568. The number of carbonyl (C=O) groups excluding carboxylic acids is 2. The molecule has 0 radical (unpaired) electrons. The summed E-state index contributed by atoms with van der Waals surface area (Å²) in [6, 6.07) is 14.1. The summed E-state index contributed by atoms with van der Waals surface area (Å²) in [5, 5.41) is 5.78. The molecule has 0 bridgehead atoms. The van der Waals surface area contributed by atoms with Gasteiger partial charge in [-0.1, -0.05) is 24.3 Å². The Morgan fingerprint density at radius 1 is 1.06 bits per heavy atom. The van der Waals surface area contributed by atoms with Crippen LogP contribution in [0.3, 0.4) is 0 Å². The molecule has 0 aliphatic heterocycles. The number of aryl methyl sites for hydroxylation is 1. The number of hydrogen-bond acceptors (Lipinski definition) is 5.